The molecule has 21 aliphatic rings. The van der Waals surface area contributed by atoms with Crippen molar-refractivity contribution in [3.63, 3.8) is 0 Å². The second-order valence-corrected chi connectivity index (χ2v) is 39.0. The second kappa shape index (κ2) is 39.6. The Balaban J connectivity index is 0.934. The molecule has 0 saturated carbocycles. The number of aryl methyl sites for hydroxylation is 12. The first-order valence-electron chi connectivity index (χ1n) is 39.9. The van der Waals surface area contributed by atoms with Gasteiger partial charge in [0.15, 0.2) is 44.0 Å². The minimum absolute atomic E-state index is 0.176. The van der Waals surface area contributed by atoms with Crippen molar-refractivity contribution in [1.82, 2.24) is 0 Å². The van der Waals surface area contributed by atoms with Crippen molar-refractivity contribution in [2.75, 3.05) is 46.2 Å². The molecule has 4 aromatic carbocycles. The molecular formula is C78H110O43S4. The molecule has 25 rings (SSSR count). The summed E-state index contributed by atoms with van der Waals surface area (Å²) in [6.45, 7) is 9.59. The smallest absolute Gasteiger partial charge is 0.297 e. The van der Waals surface area contributed by atoms with Crippen LogP contribution in [0.1, 0.15) is 66.8 Å². The Morgan fingerprint density at radius 3 is 0.480 bits per heavy atom. The Bertz CT molecular complexity index is 4620. The highest BCUT2D eigenvalue weighted by molar-refractivity contribution is 7.87. The van der Waals surface area contributed by atoms with E-state index < -0.39 is 302 Å². The molecule has 35 atom stereocenters. The molecule has 0 radical (unpaired) electrons. The Labute approximate surface area is 719 Å². The van der Waals surface area contributed by atoms with E-state index in [1.54, 1.807) is 27.7 Å². The van der Waals surface area contributed by atoms with Gasteiger partial charge < -0.3 is 153 Å². The zero-order valence-corrected chi connectivity index (χ0v) is 72.9. The number of aliphatic hydroxyl groups excluding tert-OH is 17. The molecule has 4 aromatic rings. The Hall–Kier alpha value is -4.72. The van der Waals surface area contributed by atoms with Gasteiger partial charge in [-0.1, -0.05) is 70.8 Å². The fourth-order valence-electron chi connectivity index (χ4n) is 17.5. The molecule has 21 saturated heterocycles. The number of rotatable bonds is 19. The van der Waals surface area contributed by atoms with Gasteiger partial charge in [-0.25, -0.2) is 0 Å². The van der Waals surface area contributed by atoms with Crippen LogP contribution in [0.5, 0.6) is 0 Å². The lowest BCUT2D eigenvalue weighted by Gasteiger charge is -2.50. The number of aliphatic hydroxyl groups is 17. The van der Waals surface area contributed by atoms with Crippen LogP contribution in [0.2, 0.25) is 0 Å². The van der Waals surface area contributed by atoms with Crippen LogP contribution >= 0.6 is 0 Å². The maximum Gasteiger partial charge on any atom is 0.297 e. The summed E-state index contributed by atoms with van der Waals surface area (Å²) in [5.74, 6) is 0. The highest BCUT2D eigenvalue weighted by Crippen LogP contribution is 2.42. The maximum atomic E-state index is 14.4. The van der Waals surface area contributed by atoms with Gasteiger partial charge >= 0.3 is 0 Å². The zero-order valence-electron chi connectivity index (χ0n) is 69.6. The predicted molar refractivity (Wildman–Crippen MR) is 415 cm³/mol. The highest BCUT2D eigenvalue weighted by Gasteiger charge is 2.61. The molecule has 17 N–H and O–H groups in total. The predicted octanol–water partition coefficient (Wildman–Crippen LogP) is -5.88. The molecule has 0 amide bonds. The Kier molecular flexibility index (Phi) is 31.5. The molecule has 704 valence electrons. The van der Waals surface area contributed by atoms with Gasteiger partial charge in [-0.2, -0.15) is 33.7 Å². The van der Waals surface area contributed by atoms with E-state index in [1.165, 1.54) is 104 Å². The summed E-state index contributed by atoms with van der Waals surface area (Å²) in [5.41, 5.74) is 4.02. The van der Waals surface area contributed by atoms with Gasteiger partial charge in [0.2, 0.25) is 0 Å². The van der Waals surface area contributed by atoms with Crippen molar-refractivity contribution in [2.45, 2.75) is 318 Å². The lowest BCUT2D eigenvalue weighted by molar-refractivity contribution is -0.396. The summed E-state index contributed by atoms with van der Waals surface area (Å²) in [6, 6.07) is 12.1. The SMILES string of the molecule is Cc1cc(C)c(S(=O)(=O)OC[C@H]2O[C@@H]3O[C@H]4[C@H](O)[C@@H](O)[C@@H](O[C@H]5[C@H](O)[C@@H](O)[C@@H](O[C@H]6[C@H](O)C(O)[C@@H](O[C@H]7[C@H](O)C(O)[C@@H](O[C@H]8[C@H](O)[C@@H](O)[C@@H](O[C@H]9[C@H](O)C(O)[C@@H](O[C@H]2[C@H](O)[C@H]3O)O[C@@H]9CO)O[C@@H]8COS(=O)(=O)c2c(C)cc(C)cc2C)O[C@@H]7COS(=O)(=O)c2c(C)cc(C)cc2C)O[C@@H]6CO)O[C@@H]5COS(=O)(=O)c2c(C)cc(C)cc2C)O[C@@H]4CO)c(C)c1. The van der Waals surface area contributed by atoms with Crippen molar-refractivity contribution in [3.8, 4) is 0 Å². The van der Waals surface area contributed by atoms with E-state index >= 15 is 0 Å². The average molecular weight is 1860 g/mol. The standard InChI is InChI=1S/C78H110O43S4/c1-28-13-32(5)68(33(6)14-28)122(96,97)104-24-43-64-51(86)58(93)76(112-43)116-62-41(22-80)110-74(56(91)49(62)84)120-66-45(26-106-124(100,101)70-36(9)17-30(3)18-37(70)10)114-78(60(95)53(66)88)121-67-46(27-107-125(102,103)71-38(11)19-31(4)20-39(71)12)113-77(59(94)52(67)87)117-63-42(23-81)109-73(55(90)48(63)83)119-65-44(25-105-123(98,99)69-34(7)15-29(2)16-35(69)8)111-75(57(92)50(65)85)115-61-40(21-79)108-72(118-64)54(89)47(61)82/h13-20,40-67,72-95H,21-27H2,1-12H3/t40-,41-,42-,43-,44-,45-,46-,47-,48-,49-,50-,51-,52-,53-,54-,55?,56?,57-,58-,59-,60?,61-,62-,63-,64-,65-,66-,67-,72-,73-,74-,75-,76-,77-,78-/m1/s1. The van der Waals surface area contributed by atoms with Crippen molar-refractivity contribution in [1.29, 1.82) is 0 Å². The molecule has 14 bridgehead atoms. The van der Waals surface area contributed by atoms with Crippen molar-refractivity contribution >= 4 is 40.5 Å². The van der Waals surface area contributed by atoms with Gasteiger partial charge in [-0.05, 0) is 128 Å². The van der Waals surface area contributed by atoms with Crippen LogP contribution in [0.25, 0.3) is 0 Å². The van der Waals surface area contributed by atoms with Gasteiger partial charge in [0, 0.05) is 0 Å². The van der Waals surface area contributed by atoms with Crippen LogP contribution in [0.4, 0.5) is 0 Å². The number of ether oxygens (including phenoxy) is 14. The van der Waals surface area contributed by atoms with Gasteiger partial charge in [-0.15, -0.1) is 0 Å². The van der Waals surface area contributed by atoms with Gasteiger partial charge in [-0.3, -0.25) is 16.7 Å². The van der Waals surface area contributed by atoms with Crippen LogP contribution in [0.15, 0.2) is 68.1 Å². The number of hydrogen-bond donors (Lipinski definition) is 17. The monoisotopic (exact) mass is 1860 g/mol. The topological polar surface area (TPSA) is 647 Å². The first-order valence-corrected chi connectivity index (χ1v) is 45.6. The van der Waals surface area contributed by atoms with Gasteiger partial charge in [0.05, 0.1) is 65.8 Å². The Morgan fingerprint density at radius 2 is 0.344 bits per heavy atom. The quantitative estimate of drug-likeness (QED) is 0.0389. The summed E-state index contributed by atoms with van der Waals surface area (Å²) in [4.78, 5) is -1.40. The molecule has 21 fully saturated rings. The minimum Gasteiger partial charge on any atom is -0.394 e. The summed E-state index contributed by atoms with van der Waals surface area (Å²) in [5, 5.41) is 203. The maximum absolute atomic E-state index is 14.4. The fourth-order valence-corrected chi connectivity index (χ4v) is 22.8. The zero-order chi connectivity index (χ0) is 91.8. The molecule has 125 heavy (non-hydrogen) atoms. The van der Waals surface area contributed by atoms with E-state index in [2.05, 4.69) is 0 Å². The average Bonchev–Trinajstić information content (AvgIpc) is 0.964. The van der Waals surface area contributed by atoms with Gasteiger partial charge in [0.25, 0.3) is 40.5 Å². The highest BCUT2D eigenvalue weighted by atomic mass is 32.2. The largest absolute Gasteiger partial charge is 0.394 e. The van der Waals surface area contributed by atoms with Crippen molar-refractivity contribution in [3.05, 3.63) is 115 Å². The third-order valence-corrected chi connectivity index (χ3v) is 29.4. The number of hydrogen-bond acceptors (Lipinski definition) is 43. The van der Waals surface area contributed by atoms with Crippen LogP contribution in [-0.4, -0.2) is 382 Å². The first kappa shape index (κ1) is 99.3. The van der Waals surface area contributed by atoms with E-state index in [0.29, 0.717) is 22.3 Å². The summed E-state index contributed by atoms with van der Waals surface area (Å²) in [6.07, 6.45) is -81.5. The van der Waals surface area contributed by atoms with Crippen LogP contribution in [-0.2, 0) is 124 Å². The third kappa shape index (κ3) is 20.7. The molecule has 0 aromatic heterocycles. The van der Waals surface area contributed by atoms with E-state index in [-0.39, 0.29) is 64.1 Å². The molecular weight excluding hydrogens is 1750 g/mol. The van der Waals surface area contributed by atoms with Gasteiger partial charge in [0.1, 0.15) is 171 Å². The lowest BCUT2D eigenvalue weighted by atomic mass is 9.95. The van der Waals surface area contributed by atoms with Crippen LogP contribution in [0.3, 0.4) is 0 Å². The molecule has 21 aliphatic heterocycles. The fraction of sp³-hybridized carbons (Fsp3) is 0.692. The van der Waals surface area contributed by atoms with Crippen molar-refractivity contribution < 1.29 is 204 Å². The molecule has 47 heteroatoms. The molecule has 0 spiro atoms. The lowest BCUT2D eigenvalue weighted by Crippen LogP contribution is -2.68. The molecule has 43 nitrogen and oxygen atoms in total. The van der Waals surface area contributed by atoms with Crippen molar-refractivity contribution in [2.24, 2.45) is 0 Å². The normalized spacial score (nSPS) is 39.2. The summed E-state index contributed by atoms with van der Waals surface area (Å²) >= 11 is 0. The van der Waals surface area contributed by atoms with E-state index in [9.17, 15) is 120 Å². The molecule has 0 aliphatic carbocycles. The third-order valence-electron chi connectivity index (χ3n) is 23.0. The van der Waals surface area contributed by atoms with E-state index in [4.69, 9.17) is 83.0 Å². The van der Waals surface area contributed by atoms with Crippen LogP contribution in [0, 0.1) is 83.1 Å². The summed E-state index contributed by atoms with van der Waals surface area (Å²) in [7, 11) is -19.7. The summed E-state index contributed by atoms with van der Waals surface area (Å²) < 4.78 is 222. The second-order valence-electron chi connectivity index (χ2n) is 32.8. The minimum atomic E-state index is -4.95. The number of benzene rings is 4. The van der Waals surface area contributed by atoms with E-state index in [0.717, 1.165) is 0 Å². The molecule has 3 unspecified atom stereocenters. The Morgan fingerprint density at radius 1 is 0.216 bits per heavy atom. The molecule has 21 heterocycles. The van der Waals surface area contributed by atoms with E-state index in [1.807, 2.05) is 0 Å². The van der Waals surface area contributed by atoms with Crippen LogP contribution < -0.4 is 0 Å². The first-order chi connectivity index (χ1) is 58.5.